The molecule has 1 aliphatic heterocycles. The van der Waals surface area contributed by atoms with Crippen molar-refractivity contribution < 1.29 is 0 Å². The van der Waals surface area contributed by atoms with Crippen LogP contribution in [0.2, 0.25) is 5.02 Å². The zero-order valence-electron chi connectivity index (χ0n) is 12.5. The highest BCUT2D eigenvalue weighted by Crippen LogP contribution is 2.52. The van der Waals surface area contributed by atoms with Gasteiger partial charge in [-0.1, -0.05) is 37.1 Å². The van der Waals surface area contributed by atoms with Gasteiger partial charge in [-0.05, 0) is 67.7 Å². The Bertz CT molecular complexity index is 431. The molecule has 20 heavy (non-hydrogen) atoms. The minimum atomic E-state index is 0.546. The standard InChI is InChI=1S/C18H26ClN/c1-2-14-7-9-18(10-8-14)11-12-20-13-17(18)15-3-5-16(19)6-4-15/h3-6,14,17,20H,2,7-13H2,1H3. The van der Waals surface area contributed by atoms with Gasteiger partial charge in [-0.3, -0.25) is 0 Å². The van der Waals surface area contributed by atoms with Crippen LogP contribution in [-0.4, -0.2) is 13.1 Å². The van der Waals surface area contributed by atoms with Gasteiger partial charge in [-0.15, -0.1) is 0 Å². The molecular formula is C18H26ClN. The molecule has 0 bridgehead atoms. The van der Waals surface area contributed by atoms with Crippen LogP contribution in [0.1, 0.15) is 56.9 Å². The van der Waals surface area contributed by atoms with Gasteiger partial charge in [0, 0.05) is 17.5 Å². The van der Waals surface area contributed by atoms with Crippen LogP contribution in [0.15, 0.2) is 24.3 Å². The van der Waals surface area contributed by atoms with Crippen molar-refractivity contribution in [3.05, 3.63) is 34.9 Å². The highest BCUT2D eigenvalue weighted by atomic mass is 35.5. The molecule has 1 atom stereocenters. The summed E-state index contributed by atoms with van der Waals surface area (Å²) < 4.78 is 0. The zero-order valence-corrected chi connectivity index (χ0v) is 13.3. The maximum absolute atomic E-state index is 6.05. The molecule has 0 radical (unpaired) electrons. The minimum Gasteiger partial charge on any atom is -0.316 e. The molecule has 1 saturated carbocycles. The van der Waals surface area contributed by atoms with E-state index in [4.69, 9.17) is 11.6 Å². The van der Waals surface area contributed by atoms with Gasteiger partial charge in [0.25, 0.3) is 0 Å². The van der Waals surface area contributed by atoms with Crippen molar-refractivity contribution in [1.82, 2.24) is 5.32 Å². The summed E-state index contributed by atoms with van der Waals surface area (Å²) in [7, 11) is 0. The van der Waals surface area contributed by atoms with Crippen LogP contribution >= 0.6 is 11.6 Å². The van der Waals surface area contributed by atoms with Crippen LogP contribution < -0.4 is 5.32 Å². The summed E-state index contributed by atoms with van der Waals surface area (Å²) in [5.41, 5.74) is 2.03. The minimum absolute atomic E-state index is 0.546. The lowest BCUT2D eigenvalue weighted by Crippen LogP contribution is -2.45. The third-order valence-corrected chi connectivity index (χ3v) is 6.09. The van der Waals surface area contributed by atoms with Crippen molar-refractivity contribution in [2.24, 2.45) is 11.3 Å². The Morgan fingerprint density at radius 1 is 1.15 bits per heavy atom. The Labute approximate surface area is 128 Å². The molecule has 1 nitrogen and oxygen atoms in total. The van der Waals surface area contributed by atoms with Crippen LogP contribution in [0.3, 0.4) is 0 Å². The van der Waals surface area contributed by atoms with Crippen molar-refractivity contribution in [1.29, 1.82) is 0 Å². The lowest BCUT2D eigenvalue weighted by molar-refractivity contribution is 0.0783. The molecule has 1 aromatic carbocycles. The lowest BCUT2D eigenvalue weighted by atomic mass is 9.59. The predicted molar refractivity (Wildman–Crippen MR) is 86.4 cm³/mol. The summed E-state index contributed by atoms with van der Waals surface area (Å²) in [4.78, 5) is 0. The highest BCUT2D eigenvalue weighted by Gasteiger charge is 2.43. The molecule has 0 aromatic heterocycles. The van der Waals surface area contributed by atoms with Crippen LogP contribution in [-0.2, 0) is 0 Å². The molecule has 0 amide bonds. The number of nitrogens with one attached hydrogen (secondary N) is 1. The largest absolute Gasteiger partial charge is 0.316 e. The second-order valence-corrected chi connectivity index (χ2v) is 7.21. The second kappa shape index (κ2) is 6.07. The number of halogens is 1. The number of benzene rings is 1. The maximum Gasteiger partial charge on any atom is 0.0406 e. The smallest absolute Gasteiger partial charge is 0.0406 e. The Morgan fingerprint density at radius 3 is 2.50 bits per heavy atom. The fourth-order valence-corrected chi connectivity index (χ4v) is 4.53. The molecule has 2 heteroatoms. The topological polar surface area (TPSA) is 12.0 Å². The Balaban J connectivity index is 1.82. The van der Waals surface area contributed by atoms with Crippen molar-refractivity contribution in [3.8, 4) is 0 Å². The van der Waals surface area contributed by atoms with Crippen LogP contribution in [0.4, 0.5) is 0 Å². The molecule has 1 aliphatic carbocycles. The molecule has 1 heterocycles. The van der Waals surface area contributed by atoms with E-state index in [0.29, 0.717) is 11.3 Å². The molecule has 3 rings (SSSR count). The molecule has 2 aliphatic rings. The van der Waals surface area contributed by atoms with E-state index in [1.165, 1.54) is 50.6 Å². The molecule has 1 N–H and O–H groups in total. The van der Waals surface area contributed by atoms with Crippen LogP contribution in [0, 0.1) is 11.3 Å². The van der Waals surface area contributed by atoms with E-state index in [2.05, 4.69) is 36.5 Å². The third-order valence-electron chi connectivity index (χ3n) is 5.84. The van der Waals surface area contributed by atoms with Crippen molar-refractivity contribution in [2.75, 3.05) is 13.1 Å². The maximum atomic E-state index is 6.05. The summed E-state index contributed by atoms with van der Waals surface area (Å²) in [6.07, 6.45) is 8.40. The number of piperidine rings is 1. The van der Waals surface area contributed by atoms with E-state index in [1.807, 2.05) is 0 Å². The predicted octanol–water partition coefficient (Wildman–Crippen LogP) is 5.00. The zero-order chi connectivity index (χ0) is 14.0. The molecular weight excluding hydrogens is 266 g/mol. The van der Waals surface area contributed by atoms with Gasteiger partial charge in [0.2, 0.25) is 0 Å². The van der Waals surface area contributed by atoms with Crippen molar-refractivity contribution in [2.45, 2.75) is 51.4 Å². The van der Waals surface area contributed by atoms with E-state index < -0.39 is 0 Å². The number of hydrogen-bond acceptors (Lipinski definition) is 1. The fourth-order valence-electron chi connectivity index (χ4n) is 4.40. The van der Waals surface area contributed by atoms with E-state index in [0.717, 1.165) is 17.5 Å². The van der Waals surface area contributed by atoms with Gasteiger partial charge in [-0.25, -0.2) is 0 Å². The van der Waals surface area contributed by atoms with E-state index >= 15 is 0 Å². The first-order valence-corrected chi connectivity index (χ1v) is 8.57. The van der Waals surface area contributed by atoms with E-state index in [-0.39, 0.29) is 0 Å². The average molecular weight is 292 g/mol. The van der Waals surface area contributed by atoms with Crippen molar-refractivity contribution in [3.63, 3.8) is 0 Å². The first kappa shape index (κ1) is 14.4. The Hall–Kier alpha value is -0.530. The monoisotopic (exact) mass is 291 g/mol. The lowest BCUT2D eigenvalue weighted by Gasteiger charge is -2.49. The first-order valence-electron chi connectivity index (χ1n) is 8.20. The third kappa shape index (κ3) is 2.76. The number of hydrogen-bond donors (Lipinski definition) is 1. The van der Waals surface area contributed by atoms with Gasteiger partial charge in [-0.2, -0.15) is 0 Å². The van der Waals surface area contributed by atoms with Crippen molar-refractivity contribution >= 4 is 11.6 Å². The Morgan fingerprint density at radius 2 is 1.85 bits per heavy atom. The average Bonchev–Trinajstić information content (AvgIpc) is 2.50. The molecule has 2 fully saturated rings. The normalized spacial score (nSPS) is 34.3. The quantitative estimate of drug-likeness (QED) is 0.808. The van der Waals surface area contributed by atoms with Gasteiger partial charge in [0.1, 0.15) is 0 Å². The Kier molecular flexibility index (Phi) is 4.37. The summed E-state index contributed by atoms with van der Waals surface area (Å²) in [5.74, 6) is 1.65. The van der Waals surface area contributed by atoms with Gasteiger partial charge in [0.15, 0.2) is 0 Å². The first-order chi connectivity index (χ1) is 9.73. The summed E-state index contributed by atoms with van der Waals surface area (Å²) >= 11 is 6.05. The molecule has 1 aromatic rings. The summed E-state index contributed by atoms with van der Waals surface area (Å²) in [6, 6.07) is 8.59. The molecule has 1 saturated heterocycles. The van der Waals surface area contributed by atoms with Crippen LogP contribution in [0.5, 0.6) is 0 Å². The van der Waals surface area contributed by atoms with Gasteiger partial charge >= 0.3 is 0 Å². The molecule has 1 spiro atoms. The summed E-state index contributed by atoms with van der Waals surface area (Å²) in [5, 5.41) is 4.46. The van der Waals surface area contributed by atoms with E-state index in [9.17, 15) is 0 Å². The fraction of sp³-hybridized carbons (Fsp3) is 0.667. The summed E-state index contributed by atoms with van der Waals surface area (Å²) in [6.45, 7) is 4.68. The van der Waals surface area contributed by atoms with Crippen LogP contribution in [0.25, 0.3) is 0 Å². The van der Waals surface area contributed by atoms with E-state index in [1.54, 1.807) is 0 Å². The number of rotatable bonds is 2. The van der Waals surface area contributed by atoms with Gasteiger partial charge in [0.05, 0.1) is 0 Å². The molecule has 110 valence electrons. The highest BCUT2D eigenvalue weighted by molar-refractivity contribution is 6.30. The SMILES string of the molecule is CCC1CCC2(CCNCC2c2ccc(Cl)cc2)CC1. The second-order valence-electron chi connectivity index (χ2n) is 6.77. The molecule has 1 unspecified atom stereocenters. The van der Waals surface area contributed by atoms with Gasteiger partial charge < -0.3 is 5.32 Å².